The maximum atomic E-state index is 4.54. The van der Waals surface area contributed by atoms with Crippen LogP contribution < -0.4 is 5.32 Å². The Hall–Kier alpha value is -0.410. The van der Waals surface area contributed by atoms with E-state index in [1.54, 1.807) is 0 Å². The van der Waals surface area contributed by atoms with Crippen LogP contribution in [0.25, 0.3) is 0 Å². The Kier molecular flexibility index (Phi) is 10.8. The molecule has 120 valence electrons. The second-order valence-corrected chi connectivity index (χ2v) is 6.69. The SMILES string of the molecule is CCCCCCCCCCC(NCC)c1ccc(Br)cn1. The quantitative estimate of drug-likeness (QED) is 0.463. The van der Waals surface area contributed by atoms with E-state index in [0.717, 1.165) is 11.0 Å². The van der Waals surface area contributed by atoms with Gasteiger partial charge in [-0.15, -0.1) is 0 Å². The van der Waals surface area contributed by atoms with Gasteiger partial charge in [0, 0.05) is 16.7 Å². The Balaban J connectivity index is 2.21. The zero-order valence-corrected chi connectivity index (χ0v) is 15.3. The minimum absolute atomic E-state index is 0.406. The van der Waals surface area contributed by atoms with Crippen LogP contribution >= 0.6 is 15.9 Å². The van der Waals surface area contributed by atoms with Gasteiger partial charge in [0.2, 0.25) is 0 Å². The third-order valence-electron chi connectivity index (χ3n) is 3.90. The van der Waals surface area contributed by atoms with Crippen LogP contribution in [0.3, 0.4) is 0 Å². The molecular formula is C18H31BrN2. The predicted molar refractivity (Wildman–Crippen MR) is 95.6 cm³/mol. The van der Waals surface area contributed by atoms with Crippen LogP contribution in [0.5, 0.6) is 0 Å². The molecule has 2 nitrogen and oxygen atoms in total. The van der Waals surface area contributed by atoms with Gasteiger partial charge in [-0.05, 0) is 41.0 Å². The number of nitrogens with one attached hydrogen (secondary N) is 1. The lowest BCUT2D eigenvalue weighted by Gasteiger charge is -2.17. The molecule has 0 aromatic carbocycles. The van der Waals surface area contributed by atoms with E-state index in [1.165, 1.54) is 63.5 Å². The zero-order chi connectivity index (χ0) is 15.3. The minimum atomic E-state index is 0.406. The van der Waals surface area contributed by atoms with Crippen molar-refractivity contribution in [3.8, 4) is 0 Å². The molecule has 1 N–H and O–H groups in total. The number of hydrogen-bond donors (Lipinski definition) is 1. The number of aromatic nitrogens is 1. The average molecular weight is 355 g/mol. The van der Waals surface area contributed by atoms with Crippen LogP contribution in [0.15, 0.2) is 22.8 Å². The molecule has 0 saturated carbocycles. The van der Waals surface area contributed by atoms with Gasteiger partial charge in [0.15, 0.2) is 0 Å². The van der Waals surface area contributed by atoms with Gasteiger partial charge in [0.1, 0.15) is 0 Å². The van der Waals surface area contributed by atoms with E-state index >= 15 is 0 Å². The molecule has 1 unspecified atom stereocenters. The van der Waals surface area contributed by atoms with Crippen molar-refractivity contribution < 1.29 is 0 Å². The molecule has 0 bridgehead atoms. The maximum absolute atomic E-state index is 4.54. The fourth-order valence-electron chi connectivity index (χ4n) is 2.68. The highest BCUT2D eigenvalue weighted by atomic mass is 79.9. The first kappa shape index (κ1) is 18.6. The van der Waals surface area contributed by atoms with Crippen LogP contribution in [0, 0.1) is 0 Å². The van der Waals surface area contributed by atoms with Gasteiger partial charge in [-0.2, -0.15) is 0 Å². The highest BCUT2D eigenvalue weighted by Gasteiger charge is 2.10. The molecule has 3 heteroatoms. The minimum Gasteiger partial charge on any atom is -0.309 e. The normalized spacial score (nSPS) is 12.5. The van der Waals surface area contributed by atoms with Gasteiger partial charge < -0.3 is 5.32 Å². The van der Waals surface area contributed by atoms with E-state index in [1.807, 2.05) is 6.20 Å². The third-order valence-corrected chi connectivity index (χ3v) is 4.37. The van der Waals surface area contributed by atoms with Crippen molar-refractivity contribution in [2.75, 3.05) is 6.54 Å². The third kappa shape index (κ3) is 8.57. The summed E-state index contributed by atoms with van der Waals surface area (Å²) in [7, 11) is 0. The average Bonchev–Trinajstić information content (AvgIpc) is 2.50. The molecule has 0 aliphatic rings. The van der Waals surface area contributed by atoms with E-state index in [2.05, 4.69) is 52.2 Å². The fraction of sp³-hybridized carbons (Fsp3) is 0.722. The molecule has 0 aliphatic heterocycles. The molecule has 0 amide bonds. The Morgan fingerprint density at radius 3 is 2.24 bits per heavy atom. The molecule has 1 aromatic rings. The summed E-state index contributed by atoms with van der Waals surface area (Å²) < 4.78 is 1.05. The molecule has 1 rings (SSSR count). The van der Waals surface area contributed by atoms with Gasteiger partial charge in [-0.3, -0.25) is 4.98 Å². The topological polar surface area (TPSA) is 24.9 Å². The summed E-state index contributed by atoms with van der Waals surface area (Å²) in [5, 5.41) is 3.56. The van der Waals surface area contributed by atoms with Crippen LogP contribution in [0.2, 0.25) is 0 Å². The highest BCUT2D eigenvalue weighted by molar-refractivity contribution is 9.10. The molecule has 0 saturated heterocycles. The van der Waals surface area contributed by atoms with Crippen molar-refractivity contribution in [2.45, 2.75) is 77.7 Å². The Bertz CT molecular complexity index is 351. The predicted octanol–water partition coefficient (Wildman–Crippen LogP) is 6.03. The molecule has 0 fully saturated rings. The summed E-state index contributed by atoms with van der Waals surface area (Å²) in [5.41, 5.74) is 1.17. The smallest absolute Gasteiger partial charge is 0.0574 e. The number of pyridine rings is 1. The Labute approximate surface area is 139 Å². The molecule has 0 radical (unpaired) electrons. The van der Waals surface area contributed by atoms with Crippen LogP contribution in [-0.2, 0) is 0 Å². The van der Waals surface area contributed by atoms with Gasteiger partial charge in [0.05, 0.1) is 5.69 Å². The summed E-state index contributed by atoms with van der Waals surface area (Å²) >= 11 is 3.45. The van der Waals surface area contributed by atoms with E-state index < -0.39 is 0 Å². The van der Waals surface area contributed by atoms with Crippen molar-refractivity contribution >= 4 is 15.9 Å². The van der Waals surface area contributed by atoms with Crippen molar-refractivity contribution in [3.63, 3.8) is 0 Å². The number of halogens is 1. The molecular weight excluding hydrogens is 324 g/mol. The monoisotopic (exact) mass is 354 g/mol. The lowest BCUT2D eigenvalue weighted by atomic mass is 10.0. The molecule has 0 aliphatic carbocycles. The number of nitrogens with zero attached hydrogens (tertiary/aromatic N) is 1. The first-order valence-electron chi connectivity index (χ1n) is 8.62. The van der Waals surface area contributed by atoms with Crippen LogP contribution in [0.4, 0.5) is 0 Å². The van der Waals surface area contributed by atoms with Crippen molar-refractivity contribution in [1.29, 1.82) is 0 Å². The molecule has 0 spiro atoms. The summed E-state index contributed by atoms with van der Waals surface area (Å²) in [4.78, 5) is 4.54. The van der Waals surface area contributed by atoms with E-state index in [-0.39, 0.29) is 0 Å². The van der Waals surface area contributed by atoms with Gasteiger partial charge in [0.25, 0.3) is 0 Å². The van der Waals surface area contributed by atoms with Crippen LogP contribution in [-0.4, -0.2) is 11.5 Å². The summed E-state index contributed by atoms with van der Waals surface area (Å²) in [5.74, 6) is 0. The van der Waals surface area contributed by atoms with Gasteiger partial charge in [-0.1, -0.05) is 65.2 Å². The second-order valence-electron chi connectivity index (χ2n) is 5.78. The zero-order valence-electron chi connectivity index (χ0n) is 13.7. The molecule has 1 aromatic heterocycles. The van der Waals surface area contributed by atoms with E-state index in [9.17, 15) is 0 Å². The van der Waals surface area contributed by atoms with Crippen molar-refractivity contribution in [1.82, 2.24) is 10.3 Å². The largest absolute Gasteiger partial charge is 0.309 e. The second kappa shape index (κ2) is 12.2. The van der Waals surface area contributed by atoms with Crippen molar-refractivity contribution in [3.05, 3.63) is 28.5 Å². The molecule has 1 heterocycles. The number of hydrogen-bond acceptors (Lipinski definition) is 2. The van der Waals surface area contributed by atoms with Crippen molar-refractivity contribution in [2.24, 2.45) is 0 Å². The van der Waals surface area contributed by atoms with Gasteiger partial charge >= 0.3 is 0 Å². The molecule has 21 heavy (non-hydrogen) atoms. The molecule has 1 atom stereocenters. The lowest BCUT2D eigenvalue weighted by Crippen LogP contribution is -2.21. The maximum Gasteiger partial charge on any atom is 0.0574 e. The van der Waals surface area contributed by atoms with Gasteiger partial charge in [-0.25, -0.2) is 0 Å². The van der Waals surface area contributed by atoms with E-state index in [0.29, 0.717) is 6.04 Å². The summed E-state index contributed by atoms with van der Waals surface area (Å²) in [6, 6.07) is 4.62. The standard InChI is InChI=1S/C18H31BrN2/c1-3-5-6-7-8-9-10-11-12-17(20-4-2)18-14-13-16(19)15-21-18/h13-15,17,20H,3-12H2,1-2H3. The summed E-state index contributed by atoms with van der Waals surface area (Å²) in [6.07, 6.45) is 14.1. The van der Waals surface area contributed by atoms with E-state index in [4.69, 9.17) is 0 Å². The lowest BCUT2D eigenvalue weighted by molar-refractivity contribution is 0.467. The summed E-state index contributed by atoms with van der Waals surface area (Å²) in [6.45, 7) is 5.44. The first-order chi connectivity index (χ1) is 10.3. The fourth-order valence-corrected chi connectivity index (χ4v) is 2.91. The number of unbranched alkanes of at least 4 members (excludes halogenated alkanes) is 7. The Morgan fingerprint density at radius 1 is 1.00 bits per heavy atom. The number of rotatable bonds is 12. The first-order valence-corrected chi connectivity index (χ1v) is 9.42. The highest BCUT2D eigenvalue weighted by Crippen LogP contribution is 2.20. The Morgan fingerprint density at radius 2 is 1.67 bits per heavy atom. The van der Waals surface area contributed by atoms with Crippen LogP contribution in [0.1, 0.15) is 83.4 Å².